The van der Waals surface area contributed by atoms with Gasteiger partial charge in [0.1, 0.15) is 5.82 Å². The zero-order chi connectivity index (χ0) is 18.2. The normalized spacial score (nSPS) is 22.2. The second-order valence-electron chi connectivity index (χ2n) is 7.56. The molecule has 26 heavy (non-hydrogen) atoms. The Morgan fingerprint density at radius 2 is 1.85 bits per heavy atom. The zero-order valence-electron chi connectivity index (χ0n) is 16.0. The molecule has 0 N–H and O–H groups in total. The average Bonchev–Trinajstić information content (AvgIpc) is 2.96. The van der Waals surface area contributed by atoms with Crippen LogP contribution in [0.25, 0.3) is 0 Å². The van der Waals surface area contributed by atoms with Gasteiger partial charge in [-0.3, -0.25) is 9.69 Å². The van der Waals surface area contributed by atoms with Gasteiger partial charge in [-0.1, -0.05) is 12.8 Å². The Bertz CT molecular complexity index is 555. The number of aromatic nitrogens is 2. The smallest absolute Gasteiger partial charge is 0.226 e. The first-order chi connectivity index (χ1) is 12.8. The summed E-state index contributed by atoms with van der Waals surface area (Å²) in [6.45, 7) is 5.29. The molecule has 6 nitrogen and oxygen atoms in total. The van der Waals surface area contributed by atoms with E-state index in [0.717, 1.165) is 76.2 Å². The minimum Gasteiger partial charge on any atom is -0.384 e. The zero-order valence-corrected chi connectivity index (χ0v) is 16.0. The number of likely N-dealkylation sites (tertiary alicyclic amines) is 2. The van der Waals surface area contributed by atoms with Gasteiger partial charge in [0, 0.05) is 57.7 Å². The summed E-state index contributed by atoms with van der Waals surface area (Å²) in [7, 11) is 1.69. The van der Waals surface area contributed by atoms with Crippen molar-refractivity contribution >= 4 is 5.91 Å². The Kier molecular flexibility index (Phi) is 7.38. The molecule has 2 fully saturated rings. The van der Waals surface area contributed by atoms with Crippen LogP contribution in [0.1, 0.15) is 49.9 Å². The molecular formula is C20H32N4O2. The van der Waals surface area contributed by atoms with Crippen molar-refractivity contribution in [3.8, 4) is 0 Å². The van der Waals surface area contributed by atoms with Gasteiger partial charge in [0.25, 0.3) is 0 Å². The fourth-order valence-corrected chi connectivity index (χ4v) is 3.99. The molecule has 1 aromatic rings. The number of carbonyl (C=O) groups excluding carboxylic acids is 1. The van der Waals surface area contributed by atoms with Crippen LogP contribution in [0.2, 0.25) is 0 Å². The largest absolute Gasteiger partial charge is 0.384 e. The summed E-state index contributed by atoms with van der Waals surface area (Å²) in [6.07, 6.45) is 11.5. The molecule has 144 valence electrons. The van der Waals surface area contributed by atoms with Crippen molar-refractivity contribution in [2.24, 2.45) is 5.92 Å². The van der Waals surface area contributed by atoms with Gasteiger partial charge in [-0.2, -0.15) is 0 Å². The highest BCUT2D eigenvalue weighted by molar-refractivity contribution is 5.79. The van der Waals surface area contributed by atoms with Gasteiger partial charge in [0.2, 0.25) is 5.91 Å². The number of nitrogens with zero attached hydrogens (tertiary/aromatic N) is 4. The maximum atomic E-state index is 12.9. The number of ether oxygens (including phenoxy) is 1. The van der Waals surface area contributed by atoms with Crippen molar-refractivity contribution < 1.29 is 9.53 Å². The van der Waals surface area contributed by atoms with Crippen molar-refractivity contribution in [2.75, 3.05) is 39.9 Å². The number of carbonyl (C=O) groups is 1. The molecule has 3 rings (SSSR count). The summed E-state index contributed by atoms with van der Waals surface area (Å²) in [5.41, 5.74) is 1.12. The third-order valence-corrected chi connectivity index (χ3v) is 5.47. The van der Waals surface area contributed by atoms with Gasteiger partial charge < -0.3 is 9.64 Å². The van der Waals surface area contributed by atoms with Gasteiger partial charge in [0.15, 0.2) is 0 Å². The number of rotatable bonds is 6. The molecular weight excluding hydrogens is 328 g/mol. The Labute approximate surface area is 156 Å². The van der Waals surface area contributed by atoms with Gasteiger partial charge in [-0.15, -0.1) is 0 Å². The maximum Gasteiger partial charge on any atom is 0.226 e. The van der Waals surface area contributed by atoms with E-state index in [0.29, 0.717) is 12.5 Å². The monoisotopic (exact) mass is 360 g/mol. The topological polar surface area (TPSA) is 58.6 Å². The van der Waals surface area contributed by atoms with Crippen LogP contribution in [-0.2, 0) is 22.5 Å². The Hall–Kier alpha value is -1.53. The third kappa shape index (κ3) is 5.48. The van der Waals surface area contributed by atoms with E-state index in [4.69, 9.17) is 4.74 Å². The summed E-state index contributed by atoms with van der Waals surface area (Å²) in [5, 5.41) is 0. The highest BCUT2D eigenvalue weighted by atomic mass is 16.5. The molecule has 0 aromatic carbocycles. The molecule has 0 radical (unpaired) electrons. The molecule has 1 atom stereocenters. The van der Waals surface area contributed by atoms with Crippen LogP contribution in [0.4, 0.5) is 0 Å². The summed E-state index contributed by atoms with van der Waals surface area (Å²) in [6, 6.07) is 0. The van der Waals surface area contributed by atoms with Crippen LogP contribution >= 0.6 is 0 Å². The summed E-state index contributed by atoms with van der Waals surface area (Å²) in [4.78, 5) is 26.3. The van der Waals surface area contributed by atoms with E-state index in [1.807, 2.05) is 12.4 Å². The first kappa shape index (κ1) is 19.2. The third-order valence-electron chi connectivity index (χ3n) is 5.47. The Morgan fingerprint density at radius 1 is 1.12 bits per heavy atom. The lowest BCUT2D eigenvalue weighted by Crippen LogP contribution is -2.44. The first-order valence-corrected chi connectivity index (χ1v) is 10.1. The van der Waals surface area contributed by atoms with Crippen molar-refractivity contribution in [1.82, 2.24) is 19.8 Å². The molecule has 1 unspecified atom stereocenters. The van der Waals surface area contributed by atoms with E-state index in [1.165, 1.54) is 12.8 Å². The van der Waals surface area contributed by atoms with E-state index in [9.17, 15) is 4.79 Å². The molecule has 2 saturated heterocycles. The molecule has 1 aromatic heterocycles. The standard InChI is InChI=1S/C20H32N4O2/c1-26-12-8-19-21-13-17(14-22-19)15-23-9-6-7-18(16-23)20(25)24-10-4-2-3-5-11-24/h13-14,18H,2-12,15-16H2,1H3. The lowest BCUT2D eigenvalue weighted by atomic mass is 9.96. The van der Waals surface area contributed by atoms with Crippen molar-refractivity contribution in [1.29, 1.82) is 0 Å². The van der Waals surface area contributed by atoms with Gasteiger partial charge in [-0.05, 0) is 32.2 Å². The van der Waals surface area contributed by atoms with Crippen molar-refractivity contribution in [3.05, 3.63) is 23.8 Å². The fraction of sp³-hybridized carbons (Fsp3) is 0.750. The molecule has 2 aliphatic rings. The number of hydrogen-bond donors (Lipinski definition) is 0. The molecule has 0 saturated carbocycles. The van der Waals surface area contributed by atoms with Crippen LogP contribution in [-0.4, -0.2) is 65.6 Å². The van der Waals surface area contributed by atoms with Crippen LogP contribution in [0.15, 0.2) is 12.4 Å². The number of piperidine rings is 1. The van der Waals surface area contributed by atoms with Crippen molar-refractivity contribution in [3.63, 3.8) is 0 Å². The van der Waals surface area contributed by atoms with Crippen LogP contribution in [0.3, 0.4) is 0 Å². The van der Waals surface area contributed by atoms with Gasteiger partial charge >= 0.3 is 0 Å². The second-order valence-corrected chi connectivity index (χ2v) is 7.56. The fourth-order valence-electron chi connectivity index (χ4n) is 3.99. The molecule has 2 aliphatic heterocycles. The van der Waals surface area contributed by atoms with Crippen LogP contribution in [0, 0.1) is 5.92 Å². The highest BCUT2D eigenvalue weighted by Crippen LogP contribution is 2.22. The number of amides is 1. The SMILES string of the molecule is COCCc1ncc(CN2CCCC(C(=O)N3CCCCCC3)C2)cn1. The summed E-state index contributed by atoms with van der Waals surface area (Å²) >= 11 is 0. The molecule has 0 bridgehead atoms. The maximum absolute atomic E-state index is 12.9. The predicted molar refractivity (Wildman–Crippen MR) is 101 cm³/mol. The quantitative estimate of drug-likeness (QED) is 0.779. The average molecular weight is 361 g/mol. The summed E-state index contributed by atoms with van der Waals surface area (Å²) in [5.74, 6) is 1.36. The van der Waals surface area contributed by atoms with E-state index in [-0.39, 0.29) is 5.92 Å². The number of methoxy groups -OCH3 is 1. The lowest BCUT2D eigenvalue weighted by molar-refractivity contribution is -0.137. The van der Waals surface area contributed by atoms with Crippen molar-refractivity contribution in [2.45, 2.75) is 51.5 Å². The van der Waals surface area contributed by atoms with E-state index >= 15 is 0 Å². The van der Waals surface area contributed by atoms with Gasteiger partial charge in [-0.25, -0.2) is 9.97 Å². The molecule has 1 amide bonds. The van der Waals surface area contributed by atoms with Crippen LogP contribution in [0.5, 0.6) is 0 Å². The molecule has 0 aliphatic carbocycles. The Morgan fingerprint density at radius 3 is 2.54 bits per heavy atom. The predicted octanol–water partition coefficient (Wildman–Crippen LogP) is 2.28. The molecule has 6 heteroatoms. The highest BCUT2D eigenvalue weighted by Gasteiger charge is 2.29. The molecule has 0 spiro atoms. The second kappa shape index (κ2) is 9.97. The first-order valence-electron chi connectivity index (χ1n) is 10.1. The minimum absolute atomic E-state index is 0.156. The number of hydrogen-bond acceptors (Lipinski definition) is 5. The lowest BCUT2D eigenvalue weighted by Gasteiger charge is -2.34. The minimum atomic E-state index is 0.156. The van der Waals surface area contributed by atoms with E-state index in [2.05, 4.69) is 19.8 Å². The van der Waals surface area contributed by atoms with E-state index in [1.54, 1.807) is 7.11 Å². The van der Waals surface area contributed by atoms with E-state index < -0.39 is 0 Å². The van der Waals surface area contributed by atoms with Crippen LogP contribution < -0.4 is 0 Å². The van der Waals surface area contributed by atoms with Gasteiger partial charge in [0.05, 0.1) is 12.5 Å². The molecule has 3 heterocycles. The summed E-state index contributed by atoms with van der Waals surface area (Å²) < 4.78 is 5.07. The Balaban J connectivity index is 1.52.